The third-order valence-corrected chi connectivity index (χ3v) is 4.93. The third kappa shape index (κ3) is 2.39. The van der Waals surface area contributed by atoms with Crippen molar-refractivity contribution in [3.63, 3.8) is 0 Å². The highest BCUT2D eigenvalue weighted by atomic mass is 19.4. The van der Waals surface area contributed by atoms with E-state index in [1.165, 1.54) is 24.3 Å². The quantitative estimate of drug-likeness (QED) is 0.524. The minimum Gasteiger partial charge on any atom is -0.378 e. The first-order valence-electron chi connectivity index (χ1n) is 7.84. The van der Waals surface area contributed by atoms with Gasteiger partial charge in [0.2, 0.25) is 0 Å². The lowest BCUT2D eigenvalue weighted by molar-refractivity contribution is -0.138. The minimum atomic E-state index is -4.40. The molecule has 1 aliphatic carbocycles. The third-order valence-electron chi connectivity index (χ3n) is 4.93. The lowest BCUT2D eigenvalue weighted by Crippen LogP contribution is -2.30. The molecule has 3 atom stereocenters. The fourth-order valence-electron chi connectivity index (χ4n) is 3.90. The van der Waals surface area contributed by atoms with Crippen LogP contribution in [-0.2, 0) is 6.18 Å². The highest BCUT2D eigenvalue weighted by Crippen LogP contribution is 2.51. The Kier molecular flexibility index (Phi) is 3.41. The van der Waals surface area contributed by atoms with Gasteiger partial charge in [-0.2, -0.15) is 13.2 Å². The number of allylic oxidation sites excluding steroid dienone is 2. The maximum Gasteiger partial charge on any atom is 0.416 e. The molecule has 0 spiro atoms. The van der Waals surface area contributed by atoms with E-state index in [-0.39, 0.29) is 23.2 Å². The van der Waals surface area contributed by atoms with Crippen LogP contribution in [0.2, 0.25) is 0 Å². The standard InChI is InChI=1S/C19H15F4N/c20-11-8-9-17-15(10-11)12-5-3-6-13(12)18(24-17)14-4-1-2-7-16(14)19(21,22)23/h1-5,7-10,12-13,18,24H,6H2/t12-,13+,18+/m1/s1. The smallest absolute Gasteiger partial charge is 0.378 e. The van der Waals surface area contributed by atoms with Crippen LogP contribution in [-0.4, -0.2) is 0 Å². The van der Waals surface area contributed by atoms with Crippen LogP contribution in [0.3, 0.4) is 0 Å². The molecule has 0 aromatic heterocycles. The molecule has 4 rings (SSSR count). The summed E-state index contributed by atoms with van der Waals surface area (Å²) in [4.78, 5) is 0. The molecule has 0 radical (unpaired) electrons. The summed E-state index contributed by atoms with van der Waals surface area (Å²) in [6.07, 6.45) is 0.223. The molecule has 0 saturated carbocycles. The van der Waals surface area contributed by atoms with Gasteiger partial charge in [-0.15, -0.1) is 0 Å². The normalized spacial score (nSPS) is 25.1. The van der Waals surface area contributed by atoms with Gasteiger partial charge in [0.1, 0.15) is 5.82 Å². The van der Waals surface area contributed by atoms with E-state index in [1.54, 1.807) is 12.1 Å². The number of halogens is 4. The van der Waals surface area contributed by atoms with E-state index in [0.717, 1.165) is 11.6 Å². The predicted octanol–water partition coefficient (Wildman–Crippen LogP) is 5.67. The molecule has 1 heterocycles. The van der Waals surface area contributed by atoms with E-state index in [9.17, 15) is 17.6 Å². The van der Waals surface area contributed by atoms with Gasteiger partial charge < -0.3 is 5.32 Å². The van der Waals surface area contributed by atoms with Gasteiger partial charge in [0, 0.05) is 11.6 Å². The first kappa shape index (κ1) is 15.2. The number of nitrogens with one attached hydrogen (secondary N) is 1. The number of anilines is 1. The van der Waals surface area contributed by atoms with E-state index >= 15 is 0 Å². The molecule has 2 aromatic carbocycles. The SMILES string of the molecule is Fc1ccc2c(c1)[C@@H]1C=CC[C@@H]1[C@@H](c1ccccc1C(F)(F)F)N2. The number of rotatable bonds is 1. The summed E-state index contributed by atoms with van der Waals surface area (Å²) < 4.78 is 53.8. The molecule has 0 unspecified atom stereocenters. The summed E-state index contributed by atoms with van der Waals surface area (Å²) in [5, 5.41) is 3.22. The summed E-state index contributed by atoms with van der Waals surface area (Å²) in [6.45, 7) is 0. The van der Waals surface area contributed by atoms with Crippen LogP contribution in [0.1, 0.15) is 35.1 Å². The molecule has 1 aliphatic heterocycles. The summed E-state index contributed by atoms with van der Waals surface area (Å²) in [5.41, 5.74) is 1.15. The number of fused-ring (bicyclic) bond motifs is 3. The molecule has 2 aromatic rings. The summed E-state index contributed by atoms with van der Waals surface area (Å²) >= 11 is 0. The Morgan fingerprint density at radius 1 is 1.00 bits per heavy atom. The molecule has 0 bridgehead atoms. The van der Waals surface area contributed by atoms with Gasteiger partial charge in [-0.1, -0.05) is 30.4 Å². The van der Waals surface area contributed by atoms with Crippen molar-refractivity contribution in [1.82, 2.24) is 0 Å². The Hall–Kier alpha value is -2.30. The van der Waals surface area contributed by atoms with E-state index in [0.29, 0.717) is 12.1 Å². The van der Waals surface area contributed by atoms with Crippen molar-refractivity contribution in [3.8, 4) is 0 Å². The van der Waals surface area contributed by atoms with Gasteiger partial charge in [-0.3, -0.25) is 0 Å². The molecule has 124 valence electrons. The lowest BCUT2D eigenvalue weighted by atomic mass is 9.76. The van der Waals surface area contributed by atoms with E-state index in [2.05, 4.69) is 5.32 Å². The molecule has 5 heteroatoms. The van der Waals surface area contributed by atoms with Gasteiger partial charge in [0.25, 0.3) is 0 Å². The molecule has 0 amide bonds. The zero-order valence-corrected chi connectivity index (χ0v) is 12.6. The van der Waals surface area contributed by atoms with Crippen molar-refractivity contribution in [3.05, 3.63) is 77.1 Å². The number of hydrogen-bond acceptors (Lipinski definition) is 1. The van der Waals surface area contributed by atoms with E-state index in [1.807, 2.05) is 12.2 Å². The Balaban J connectivity index is 1.83. The Labute approximate surface area is 137 Å². The molecule has 2 aliphatic rings. The Morgan fingerprint density at radius 2 is 1.79 bits per heavy atom. The van der Waals surface area contributed by atoms with Crippen LogP contribution in [0.5, 0.6) is 0 Å². The average Bonchev–Trinajstić information content (AvgIpc) is 3.03. The predicted molar refractivity (Wildman–Crippen MR) is 84.2 cm³/mol. The van der Waals surface area contributed by atoms with Gasteiger partial charge in [-0.25, -0.2) is 4.39 Å². The largest absolute Gasteiger partial charge is 0.416 e. The molecular formula is C19H15F4N. The van der Waals surface area contributed by atoms with Crippen molar-refractivity contribution < 1.29 is 17.6 Å². The van der Waals surface area contributed by atoms with Gasteiger partial charge in [-0.05, 0) is 47.7 Å². The summed E-state index contributed by atoms with van der Waals surface area (Å²) in [7, 11) is 0. The second-order valence-electron chi connectivity index (χ2n) is 6.29. The second kappa shape index (κ2) is 5.36. The number of benzene rings is 2. The van der Waals surface area contributed by atoms with E-state index < -0.39 is 17.8 Å². The molecule has 1 N–H and O–H groups in total. The highest BCUT2D eigenvalue weighted by molar-refractivity contribution is 5.60. The fourth-order valence-corrected chi connectivity index (χ4v) is 3.90. The molecule has 0 fully saturated rings. The van der Waals surface area contributed by atoms with Crippen LogP contribution >= 0.6 is 0 Å². The minimum absolute atomic E-state index is 0.0530. The van der Waals surface area contributed by atoms with Crippen LogP contribution in [0.25, 0.3) is 0 Å². The van der Waals surface area contributed by atoms with Gasteiger partial charge in [0.15, 0.2) is 0 Å². The highest BCUT2D eigenvalue weighted by Gasteiger charge is 2.42. The van der Waals surface area contributed by atoms with Crippen molar-refractivity contribution in [2.45, 2.75) is 24.6 Å². The van der Waals surface area contributed by atoms with Crippen LogP contribution in [0.4, 0.5) is 23.2 Å². The molecular weight excluding hydrogens is 318 g/mol. The first-order valence-corrected chi connectivity index (χ1v) is 7.84. The second-order valence-corrected chi connectivity index (χ2v) is 6.29. The van der Waals surface area contributed by atoms with Crippen molar-refractivity contribution in [1.29, 1.82) is 0 Å². The summed E-state index contributed by atoms with van der Waals surface area (Å²) in [5.74, 6) is -0.449. The zero-order valence-electron chi connectivity index (χ0n) is 12.6. The molecule has 1 nitrogen and oxygen atoms in total. The number of alkyl halides is 3. The van der Waals surface area contributed by atoms with Crippen LogP contribution in [0, 0.1) is 11.7 Å². The average molecular weight is 333 g/mol. The number of hydrogen-bond donors (Lipinski definition) is 1. The molecule has 24 heavy (non-hydrogen) atoms. The van der Waals surface area contributed by atoms with Gasteiger partial charge >= 0.3 is 6.18 Å². The van der Waals surface area contributed by atoms with Gasteiger partial charge in [0.05, 0.1) is 11.6 Å². The zero-order chi connectivity index (χ0) is 16.9. The molecule has 0 saturated heterocycles. The van der Waals surface area contributed by atoms with Crippen LogP contribution in [0.15, 0.2) is 54.6 Å². The maximum absolute atomic E-state index is 13.6. The Morgan fingerprint density at radius 3 is 2.58 bits per heavy atom. The Bertz CT molecular complexity index is 809. The van der Waals surface area contributed by atoms with Crippen molar-refractivity contribution in [2.75, 3.05) is 5.32 Å². The monoisotopic (exact) mass is 333 g/mol. The van der Waals surface area contributed by atoms with Crippen molar-refractivity contribution >= 4 is 5.69 Å². The lowest BCUT2D eigenvalue weighted by Gasteiger charge is -2.38. The van der Waals surface area contributed by atoms with Crippen molar-refractivity contribution in [2.24, 2.45) is 5.92 Å². The summed E-state index contributed by atoms with van der Waals surface area (Å²) in [6, 6.07) is 9.64. The van der Waals surface area contributed by atoms with Crippen LogP contribution < -0.4 is 5.32 Å². The topological polar surface area (TPSA) is 12.0 Å². The fraction of sp³-hybridized carbons (Fsp3) is 0.263. The maximum atomic E-state index is 13.6. The first-order chi connectivity index (χ1) is 11.4. The van der Waals surface area contributed by atoms with E-state index in [4.69, 9.17) is 0 Å².